The van der Waals surface area contributed by atoms with Gasteiger partial charge in [-0.1, -0.05) is 66.7 Å². The van der Waals surface area contributed by atoms with Crippen LogP contribution in [0.1, 0.15) is 25.0 Å². The van der Waals surface area contributed by atoms with Crippen LogP contribution in [0.3, 0.4) is 0 Å². The molecule has 0 unspecified atom stereocenters. The molecule has 9 heteroatoms. The molecule has 7 nitrogen and oxygen atoms in total. The topological polar surface area (TPSA) is 86.8 Å². The molecule has 0 radical (unpaired) electrons. The van der Waals surface area contributed by atoms with Crippen LogP contribution in [0, 0.1) is 5.82 Å². The third-order valence-corrected chi connectivity index (χ3v) is 6.81. The summed E-state index contributed by atoms with van der Waals surface area (Å²) < 4.78 is 40.1. The fourth-order valence-corrected chi connectivity index (χ4v) is 4.80. The number of benzene rings is 3. The standard InChI is InChI=1S/C28H32FN3O4S/c1-21(2)30-28(34)26(17-22-11-6-4-7-12-22)31(19-23-13-8-5-9-14-23)27(33)20-32(37(3,35)36)25-16-10-15-24(29)18-25/h4-16,18,21,26H,17,19-20H2,1-3H3,(H,30,34)/t26-/m1/s1. The maximum Gasteiger partial charge on any atom is 0.244 e. The molecule has 37 heavy (non-hydrogen) atoms. The van der Waals surface area contributed by atoms with Crippen molar-refractivity contribution in [2.45, 2.75) is 38.9 Å². The van der Waals surface area contributed by atoms with Crippen molar-refractivity contribution in [1.82, 2.24) is 10.2 Å². The second kappa shape index (κ2) is 12.5. The Bertz CT molecular complexity index is 1300. The predicted octanol–water partition coefficient (Wildman–Crippen LogP) is 3.76. The van der Waals surface area contributed by atoms with Crippen LogP contribution in [-0.4, -0.2) is 50.0 Å². The molecule has 0 spiro atoms. The van der Waals surface area contributed by atoms with E-state index in [4.69, 9.17) is 0 Å². The Labute approximate surface area is 218 Å². The van der Waals surface area contributed by atoms with Gasteiger partial charge in [-0.05, 0) is 43.2 Å². The van der Waals surface area contributed by atoms with Crippen molar-refractivity contribution in [2.75, 3.05) is 17.1 Å². The first-order chi connectivity index (χ1) is 17.5. The number of anilines is 1. The van der Waals surface area contributed by atoms with E-state index in [1.807, 2.05) is 74.5 Å². The van der Waals surface area contributed by atoms with Crippen molar-refractivity contribution in [1.29, 1.82) is 0 Å². The van der Waals surface area contributed by atoms with E-state index < -0.39 is 34.3 Å². The maximum atomic E-state index is 13.9. The molecular formula is C28H32FN3O4S. The molecule has 0 saturated carbocycles. The van der Waals surface area contributed by atoms with E-state index in [1.54, 1.807) is 0 Å². The number of sulfonamides is 1. The summed E-state index contributed by atoms with van der Waals surface area (Å²) in [5.41, 5.74) is 1.66. The molecule has 0 saturated heterocycles. The van der Waals surface area contributed by atoms with Gasteiger partial charge in [-0.3, -0.25) is 13.9 Å². The molecular weight excluding hydrogens is 493 g/mol. The number of hydrogen-bond acceptors (Lipinski definition) is 4. The van der Waals surface area contributed by atoms with E-state index in [1.165, 1.54) is 23.1 Å². The summed E-state index contributed by atoms with van der Waals surface area (Å²) in [6.07, 6.45) is 1.19. The molecule has 3 aromatic rings. The summed E-state index contributed by atoms with van der Waals surface area (Å²) in [5.74, 6) is -1.56. The summed E-state index contributed by atoms with van der Waals surface area (Å²) in [4.78, 5) is 28.6. The van der Waals surface area contributed by atoms with Crippen LogP contribution in [0.4, 0.5) is 10.1 Å². The highest BCUT2D eigenvalue weighted by Crippen LogP contribution is 2.21. The first-order valence-corrected chi connectivity index (χ1v) is 13.8. The van der Waals surface area contributed by atoms with Crippen LogP contribution in [0.15, 0.2) is 84.9 Å². The van der Waals surface area contributed by atoms with Gasteiger partial charge in [0.05, 0.1) is 11.9 Å². The first kappa shape index (κ1) is 27.9. The van der Waals surface area contributed by atoms with E-state index in [9.17, 15) is 22.4 Å². The summed E-state index contributed by atoms with van der Waals surface area (Å²) in [6.45, 7) is 3.16. The zero-order valence-electron chi connectivity index (χ0n) is 21.2. The van der Waals surface area contributed by atoms with Crippen molar-refractivity contribution >= 4 is 27.5 Å². The van der Waals surface area contributed by atoms with Crippen molar-refractivity contribution in [3.63, 3.8) is 0 Å². The average molecular weight is 526 g/mol. The Morgan fingerprint density at radius 2 is 1.49 bits per heavy atom. The number of carbonyl (C=O) groups excluding carboxylic acids is 2. The number of nitrogens with one attached hydrogen (secondary N) is 1. The summed E-state index contributed by atoms with van der Waals surface area (Å²) in [7, 11) is -3.94. The van der Waals surface area contributed by atoms with Gasteiger partial charge in [-0.15, -0.1) is 0 Å². The van der Waals surface area contributed by atoms with Crippen molar-refractivity contribution in [3.8, 4) is 0 Å². The third kappa shape index (κ3) is 8.15. The second-order valence-electron chi connectivity index (χ2n) is 9.13. The Morgan fingerprint density at radius 3 is 2.03 bits per heavy atom. The van der Waals surface area contributed by atoms with Gasteiger partial charge in [0.1, 0.15) is 18.4 Å². The number of halogens is 1. The van der Waals surface area contributed by atoms with Gasteiger partial charge >= 0.3 is 0 Å². The molecule has 196 valence electrons. The van der Waals surface area contributed by atoms with E-state index >= 15 is 0 Å². The smallest absolute Gasteiger partial charge is 0.244 e. The number of amides is 2. The molecule has 3 rings (SSSR count). The number of nitrogens with zero attached hydrogens (tertiary/aromatic N) is 2. The van der Waals surface area contributed by atoms with Crippen LogP contribution in [0.25, 0.3) is 0 Å². The lowest BCUT2D eigenvalue weighted by Crippen LogP contribution is -2.54. The summed E-state index contributed by atoms with van der Waals surface area (Å²) in [6, 6.07) is 22.5. The minimum absolute atomic E-state index is 0.0294. The predicted molar refractivity (Wildman–Crippen MR) is 143 cm³/mol. The van der Waals surface area contributed by atoms with E-state index in [-0.39, 0.29) is 30.6 Å². The number of rotatable bonds is 11. The highest BCUT2D eigenvalue weighted by atomic mass is 32.2. The third-order valence-electron chi connectivity index (χ3n) is 5.67. The molecule has 0 fully saturated rings. The Hall–Kier alpha value is -3.72. The van der Waals surface area contributed by atoms with E-state index in [0.717, 1.165) is 27.8 Å². The molecule has 1 atom stereocenters. The lowest BCUT2D eigenvalue weighted by Gasteiger charge is -2.34. The average Bonchev–Trinajstić information content (AvgIpc) is 2.84. The van der Waals surface area contributed by atoms with Crippen molar-refractivity contribution < 1.29 is 22.4 Å². The van der Waals surface area contributed by atoms with Crippen LogP contribution in [0.2, 0.25) is 0 Å². The Balaban J connectivity index is 2.03. The van der Waals surface area contributed by atoms with Crippen LogP contribution < -0.4 is 9.62 Å². The van der Waals surface area contributed by atoms with Gasteiger partial charge in [-0.25, -0.2) is 12.8 Å². The van der Waals surface area contributed by atoms with Crippen molar-refractivity contribution in [3.05, 3.63) is 102 Å². The highest BCUT2D eigenvalue weighted by Gasteiger charge is 2.33. The molecule has 0 heterocycles. The Kier molecular flexibility index (Phi) is 9.41. The van der Waals surface area contributed by atoms with Crippen LogP contribution in [-0.2, 0) is 32.6 Å². The maximum absolute atomic E-state index is 13.9. The van der Waals surface area contributed by atoms with Gasteiger partial charge < -0.3 is 10.2 Å². The second-order valence-corrected chi connectivity index (χ2v) is 11.0. The lowest BCUT2D eigenvalue weighted by atomic mass is 10.0. The largest absolute Gasteiger partial charge is 0.352 e. The molecule has 0 bridgehead atoms. The minimum Gasteiger partial charge on any atom is -0.352 e. The first-order valence-electron chi connectivity index (χ1n) is 12.0. The van der Waals surface area contributed by atoms with Crippen LogP contribution in [0.5, 0.6) is 0 Å². The molecule has 0 aliphatic heterocycles. The van der Waals surface area contributed by atoms with Gasteiger partial charge in [0.2, 0.25) is 21.8 Å². The number of hydrogen-bond donors (Lipinski definition) is 1. The zero-order valence-corrected chi connectivity index (χ0v) is 22.0. The van der Waals surface area contributed by atoms with Gasteiger partial charge in [0, 0.05) is 19.0 Å². The zero-order chi connectivity index (χ0) is 27.0. The molecule has 2 amide bonds. The summed E-state index contributed by atoms with van der Waals surface area (Å²) in [5, 5.41) is 2.89. The quantitative estimate of drug-likeness (QED) is 0.413. The number of carbonyl (C=O) groups is 2. The highest BCUT2D eigenvalue weighted by molar-refractivity contribution is 7.92. The van der Waals surface area contributed by atoms with E-state index in [0.29, 0.717) is 0 Å². The van der Waals surface area contributed by atoms with Crippen LogP contribution >= 0.6 is 0 Å². The fraction of sp³-hybridized carbons (Fsp3) is 0.286. The monoisotopic (exact) mass is 525 g/mol. The normalized spacial score (nSPS) is 12.1. The van der Waals surface area contributed by atoms with Crippen molar-refractivity contribution in [2.24, 2.45) is 0 Å². The van der Waals surface area contributed by atoms with Gasteiger partial charge in [0.25, 0.3) is 0 Å². The minimum atomic E-state index is -3.94. The van der Waals surface area contributed by atoms with E-state index in [2.05, 4.69) is 5.32 Å². The lowest BCUT2D eigenvalue weighted by molar-refractivity contribution is -0.140. The molecule has 3 aromatic carbocycles. The Morgan fingerprint density at radius 1 is 0.892 bits per heavy atom. The molecule has 0 aliphatic carbocycles. The molecule has 1 N–H and O–H groups in total. The fourth-order valence-electron chi connectivity index (χ4n) is 3.96. The van der Waals surface area contributed by atoms with Gasteiger partial charge in [-0.2, -0.15) is 0 Å². The summed E-state index contributed by atoms with van der Waals surface area (Å²) >= 11 is 0. The SMILES string of the molecule is CC(C)NC(=O)[C@@H](Cc1ccccc1)N(Cc1ccccc1)C(=O)CN(c1cccc(F)c1)S(C)(=O)=O. The molecule has 0 aromatic heterocycles. The molecule has 0 aliphatic rings. The van der Waals surface area contributed by atoms with Gasteiger partial charge in [0.15, 0.2) is 0 Å².